The second-order valence-electron chi connectivity index (χ2n) is 9.37. The third kappa shape index (κ3) is 6.08. The van der Waals surface area contributed by atoms with Crippen LogP contribution in [0.1, 0.15) is 30.5 Å². The van der Waals surface area contributed by atoms with Gasteiger partial charge in [0.15, 0.2) is 0 Å². The van der Waals surface area contributed by atoms with Gasteiger partial charge in [-0.3, -0.25) is 19.3 Å². The van der Waals surface area contributed by atoms with Gasteiger partial charge in [0.1, 0.15) is 5.82 Å². The normalized spacial score (nSPS) is 13.1. The van der Waals surface area contributed by atoms with Gasteiger partial charge in [-0.15, -0.1) is 0 Å². The van der Waals surface area contributed by atoms with Crippen LogP contribution in [0.3, 0.4) is 0 Å². The van der Waals surface area contributed by atoms with E-state index in [9.17, 15) is 14.0 Å². The highest BCUT2D eigenvalue weighted by molar-refractivity contribution is 5.90. The van der Waals surface area contributed by atoms with Gasteiger partial charge in [0.05, 0.1) is 24.8 Å². The minimum absolute atomic E-state index is 0.0204. The number of hydrogen-bond donors (Lipinski definition) is 2. The quantitative estimate of drug-likeness (QED) is 0.386. The van der Waals surface area contributed by atoms with Crippen LogP contribution in [0, 0.1) is 12.7 Å². The molecule has 0 bridgehead atoms. The first-order valence-electron chi connectivity index (χ1n) is 12.8. The van der Waals surface area contributed by atoms with Crippen LogP contribution in [-0.4, -0.2) is 71.4 Å². The Morgan fingerprint density at radius 3 is 2.62 bits per heavy atom. The van der Waals surface area contributed by atoms with Crippen molar-refractivity contribution in [2.45, 2.75) is 40.4 Å². The Morgan fingerprint density at radius 1 is 1.08 bits per heavy atom. The zero-order valence-electron chi connectivity index (χ0n) is 22.1. The first-order chi connectivity index (χ1) is 17.8. The van der Waals surface area contributed by atoms with Crippen molar-refractivity contribution in [1.29, 1.82) is 0 Å². The number of nitrogens with one attached hydrogen (secondary N) is 2. The number of fused-ring (bicyclic) bond motifs is 2. The standard InChI is InChI=1S/C27H36FN7O2/c1-5-29-9-10-30-26(36)17-33(24-13-21-14-31-35(6-2)25(21)11-19(24)3)18-27(37)32(4)34-15-20-7-8-23(28)12-22(20)16-34/h7-8,11-14,29H,5-6,9-10,15-18H2,1-4H3,(H,30,36). The molecule has 198 valence electrons. The van der Waals surface area contributed by atoms with E-state index in [1.54, 1.807) is 18.1 Å². The smallest absolute Gasteiger partial charge is 0.256 e. The van der Waals surface area contributed by atoms with Crippen LogP contribution >= 0.6 is 0 Å². The molecule has 0 saturated carbocycles. The van der Waals surface area contributed by atoms with Crippen LogP contribution in [0.2, 0.25) is 0 Å². The zero-order chi connectivity index (χ0) is 26.5. The molecule has 1 aromatic heterocycles. The van der Waals surface area contributed by atoms with Crippen LogP contribution < -0.4 is 15.5 Å². The average molecular weight is 510 g/mol. The number of rotatable bonds is 11. The van der Waals surface area contributed by atoms with Gasteiger partial charge in [-0.1, -0.05) is 13.0 Å². The number of halogens is 1. The van der Waals surface area contributed by atoms with Crippen LogP contribution in [0.4, 0.5) is 10.1 Å². The summed E-state index contributed by atoms with van der Waals surface area (Å²) in [6.07, 6.45) is 1.81. The number of benzene rings is 2. The zero-order valence-corrected chi connectivity index (χ0v) is 22.1. The molecule has 0 radical (unpaired) electrons. The first-order valence-corrected chi connectivity index (χ1v) is 12.8. The Bertz CT molecular complexity index is 1280. The SMILES string of the molecule is CCNCCNC(=O)CN(CC(=O)N(C)N1Cc2ccc(F)cc2C1)c1cc2cnn(CC)c2cc1C. The number of aromatic nitrogens is 2. The summed E-state index contributed by atoms with van der Waals surface area (Å²) in [5.41, 5.74) is 4.68. The molecule has 2 amide bonds. The number of nitrogens with zero attached hydrogens (tertiary/aromatic N) is 5. The van der Waals surface area contributed by atoms with Gasteiger partial charge in [-0.25, -0.2) is 9.40 Å². The van der Waals surface area contributed by atoms with Crippen LogP contribution in [0.15, 0.2) is 36.5 Å². The van der Waals surface area contributed by atoms with Crippen molar-refractivity contribution in [1.82, 2.24) is 30.4 Å². The fraction of sp³-hybridized carbons (Fsp3) is 0.444. The molecule has 0 unspecified atom stereocenters. The highest BCUT2D eigenvalue weighted by Crippen LogP contribution is 2.28. The van der Waals surface area contributed by atoms with E-state index in [4.69, 9.17) is 0 Å². The summed E-state index contributed by atoms with van der Waals surface area (Å²) in [5.74, 6) is -0.586. The number of anilines is 1. The Labute approximate surface area is 217 Å². The van der Waals surface area contributed by atoms with Gasteiger partial charge in [-0.05, 0) is 61.3 Å². The van der Waals surface area contributed by atoms with Gasteiger partial charge in [0, 0.05) is 50.8 Å². The summed E-state index contributed by atoms with van der Waals surface area (Å²) in [6, 6.07) is 8.78. The number of likely N-dealkylation sites (N-methyl/N-ethyl adjacent to an activating group) is 2. The van der Waals surface area contributed by atoms with Crippen molar-refractivity contribution in [3.8, 4) is 0 Å². The maximum absolute atomic E-state index is 13.7. The van der Waals surface area contributed by atoms with Crippen LogP contribution in [0.25, 0.3) is 10.9 Å². The lowest BCUT2D eigenvalue weighted by molar-refractivity contribution is -0.145. The summed E-state index contributed by atoms with van der Waals surface area (Å²) >= 11 is 0. The van der Waals surface area contributed by atoms with Crippen molar-refractivity contribution in [2.75, 3.05) is 44.7 Å². The molecular formula is C27H36FN7O2. The number of aryl methyl sites for hydroxylation is 2. The second kappa shape index (κ2) is 11.7. The van der Waals surface area contributed by atoms with Gasteiger partial charge < -0.3 is 15.5 Å². The molecule has 4 rings (SSSR count). The van der Waals surface area contributed by atoms with E-state index in [0.29, 0.717) is 26.2 Å². The third-order valence-electron chi connectivity index (χ3n) is 6.79. The third-order valence-corrected chi connectivity index (χ3v) is 6.79. The molecule has 0 fully saturated rings. The van der Waals surface area contributed by atoms with Crippen molar-refractivity contribution in [3.05, 3.63) is 59.0 Å². The monoisotopic (exact) mass is 509 g/mol. The molecule has 2 N–H and O–H groups in total. The molecule has 1 aliphatic heterocycles. The Morgan fingerprint density at radius 2 is 1.86 bits per heavy atom. The van der Waals surface area contributed by atoms with Crippen LogP contribution in [0.5, 0.6) is 0 Å². The van der Waals surface area contributed by atoms with E-state index < -0.39 is 0 Å². The van der Waals surface area contributed by atoms with E-state index >= 15 is 0 Å². The van der Waals surface area contributed by atoms with E-state index in [1.807, 2.05) is 47.6 Å². The van der Waals surface area contributed by atoms with Crippen molar-refractivity contribution >= 4 is 28.4 Å². The molecule has 3 aromatic rings. The minimum atomic E-state index is -0.279. The summed E-state index contributed by atoms with van der Waals surface area (Å²) in [7, 11) is 1.72. The highest BCUT2D eigenvalue weighted by atomic mass is 19.1. The van der Waals surface area contributed by atoms with Gasteiger partial charge in [-0.2, -0.15) is 5.10 Å². The summed E-state index contributed by atoms with van der Waals surface area (Å²) < 4.78 is 15.6. The Kier molecular flexibility index (Phi) is 8.40. The lowest BCUT2D eigenvalue weighted by Crippen LogP contribution is -2.48. The van der Waals surface area contributed by atoms with Gasteiger partial charge >= 0.3 is 0 Å². The Balaban J connectivity index is 1.53. The second-order valence-corrected chi connectivity index (χ2v) is 9.37. The number of hydrogen-bond acceptors (Lipinski definition) is 6. The molecule has 10 heteroatoms. The summed E-state index contributed by atoms with van der Waals surface area (Å²) in [4.78, 5) is 28.1. The highest BCUT2D eigenvalue weighted by Gasteiger charge is 2.27. The molecule has 0 saturated heterocycles. The van der Waals surface area contributed by atoms with Crippen molar-refractivity contribution < 1.29 is 14.0 Å². The van der Waals surface area contributed by atoms with Gasteiger partial charge in [0.2, 0.25) is 5.91 Å². The number of carbonyl (C=O) groups excluding carboxylic acids is 2. The predicted molar refractivity (Wildman–Crippen MR) is 142 cm³/mol. The topological polar surface area (TPSA) is 85.7 Å². The fourth-order valence-electron chi connectivity index (χ4n) is 4.71. The molecular weight excluding hydrogens is 473 g/mol. The molecule has 37 heavy (non-hydrogen) atoms. The average Bonchev–Trinajstić information content (AvgIpc) is 3.48. The largest absolute Gasteiger partial charge is 0.353 e. The summed E-state index contributed by atoms with van der Waals surface area (Å²) in [5, 5.41) is 15.0. The first kappa shape index (κ1) is 26.6. The molecule has 0 aliphatic carbocycles. The molecule has 1 aliphatic rings. The predicted octanol–water partition coefficient (Wildman–Crippen LogP) is 2.43. The number of hydrazine groups is 1. The lowest BCUT2D eigenvalue weighted by atomic mass is 10.1. The molecule has 0 atom stereocenters. The van der Waals surface area contributed by atoms with Crippen LogP contribution in [-0.2, 0) is 29.2 Å². The van der Waals surface area contributed by atoms with E-state index in [1.165, 1.54) is 12.1 Å². The van der Waals surface area contributed by atoms with E-state index in [0.717, 1.165) is 46.4 Å². The van der Waals surface area contributed by atoms with Crippen molar-refractivity contribution in [3.63, 3.8) is 0 Å². The molecule has 2 aromatic carbocycles. The summed E-state index contributed by atoms with van der Waals surface area (Å²) in [6.45, 7) is 9.88. The lowest BCUT2D eigenvalue weighted by Gasteiger charge is -2.32. The molecule has 9 nitrogen and oxygen atoms in total. The number of amides is 2. The number of carbonyl (C=O) groups is 2. The maximum atomic E-state index is 13.7. The van der Waals surface area contributed by atoms with Gasteiger partial charge in [0.25, 0.3) is 5.91 Å². The molecule has 2 heterocycles. The molecule has 0 spiro atoms. The Hall–Kier alpha value is -3.50. The maximum Gasteiger partial charge on any atom is 0.256 e. The van der Waals surface area contributed by atoms with E-state index in [-0.39, 0.29) is 30.7 Å². The fourth-order valence-corrected chi connectivity index (χ4v) is 4.71. The van der Waals surface area contributed by atoms with E-state index in [2.05, 4.69) is 21.8 Å². The van der Waals surface area contributed by atoms with Crippen molar-refractivity contribution in [2.24, 2.45) is 0 Å². The minimum Gasteiger partial charge on any atom is -0.353 e.